The lowest BCUT2D eigenvalue weighted by molar-refractivity contribution is -0.121. The smallest absolute Gasteiger partial charge is 0.136 e. The fourth-order valence-corrected chi connectivity index (χ4v) is 2.03. The molecule has 0 aliphatic heterocycles. The van der Waals surface area contributed by atoms with Gasteiger partial charge in [0.15, 0.2) is 0 Å². The second-order valence-electron chi connectivity index (χ2n) is 4.42. The number of hydrogen-bond acceptors (Lipinski definition) is 4. The van der Waals surface area contributed by atoms with E-state index in [1.807, 2.05) is 0 Å². The van der Waals surface area contributed by atoms with Crippen LogP contribution in [0.25, 0.3) is 0 Å². The molecule has 0 aromatic carbocycles. The molecule has 1 saturated carbocycles. The van der Waals surface area contributed by atoms with Gasteiger partial charge >= 0.3 is 0 Å². The van der Waals surface area contributed by atoms with Crippen LogP contribution in [-0.2, 0) is 19.0 Å². The minimum absolute atomic E-state index is 0.271. The van der Waals surface area contributed by atoms with Crippen molar-refractivity contribution in [2.75, 3.05) is 40.1 Å². The van der Waals surface area contributed by atoms with Crippen molar-refractivity contribution >= 4 is 5.78 Å². The Bertz CT molecular complexity index is 206. The maximum atomic E-state index is 11.4. The summed E-state index contributed by atoms with van der Waals surface area (Å²) in [6, 6.07) is 0. The van der Waals surface area contributed by atoms with Crippen molar-refractivity contribution < 1.29 is 19.0 Å². The Balaban J connectivity index is 1.80. The van der Waals surface area contributed by atoms with Crippen molar-refractivity contribution in [2.45, 2.75) is 32.1 Å². The molecular weight excluding hydrogens is 220 g/mol. The van der Waals surface area contributed by atoms with E-state index >= 15 is 0 Å². The maximum absolute atomic E-state index is 11.4. The minimum atomic E-state index is 0.271. The van der Waals surface area contributed by atoms with Gasteiger partial charge in [-0.25, -0.2) is 0 Å². The normalized spacial score (nSPS) is 20.1. The van der Waals surface area contributed by atoms with E-state index in [0.29, 0.717) is 38.8 Å². The van der Waals surface area contributed by atoms with Crippen molar-refractivity contribution in [1.29, 1.82) is 0 Å². The zero-order valence-corrected chi connectivity index (χ0v) is 10.8. The zero-order valence-electron chi connectivity index (χ0n) is 10.8. The summed E-state index contributed by atoms with van der Waals surface area (Å²) in [6.07, 6.45) is 4.70. The molecule has 0 bridgehead atoms. The van der Waals surface area contributed by atoms with Crippen LogP contribution in [0.15, 0.2) is 0 Å². The van der Waals surface area contributed by atoms with Gasteiger partial charge in [0, 0.05) is 39.3 Å². The van der Waals surface area contributed by atoms with Gasteiger partial charge in [-0.3, -0.25) is 4.79 Å². The van der Waals surface area contributed by atoms with E-state index in [1.54, 1.807) is 7.11 Å². The standard InChI is InChI=1S/C13H24O4/c1-15-10-11-17-8-3-7-16-9-6-12-4-2-5-13(12)14/h12H,2-11H2,1H3. The Morgan fingerprint density at radius 1 is 1.12 bits per heavy atom. The molecule has 1 aliphatic rings. The van der Waals surface area contributed by atoms with Crippen LogP contribution < -0.4 is 0 Å². The fraction of sp³-hybridized carbons (Fsp3) is 0.923. The lowest BCUT2D eigenvalue weighted by Gasteiger charge is -2.08. The molecule has 4 heteroatoms. The van der Waals surface area contributed by atoms with Crippen LogP contribution >= 0.6 is 0 Å². The molecule has 1 atom stereocenters. The third-order valence-electron chi connectivity index (χ3n) is 3.05. The van der Waals surface area contributed by atoms with Gasteiger partial charge in [-0.2, -0.15) is 0 Å². The average Bonchev–Trinajstić information content (AvgIpc) is 2.73. The first-order valence-corrected chi connectivity index (χ1v) is 6.51. The number of carbonyl (C=O) groups excluding carboxylic acids is 1. The van der Waals surface area contributed by atoms with Crippen LogP contribution in [0.2, 0.25) is 0 Å². The highest BCUT2D eigenvalue weighted by molar-refractivity contribution is 5.82. The van der Waals surface area contributed by atoms with Crippen molar-refractivity contribution in [1.82, 2.24) is 0 Å². The number of ether oxygens (including phenoxy) is 3. The number of ketones is 1. The van der Waals surface area contributed by atoms with Crippen molar-refractivity contribution in [3.63, 3.8) is 0 Å². The monoisotopic (exact) mass is 244 g/mol. The summed E-state index contributed by atoms with van der Waals surface area (Å²) in [5.74, 6) is 0.699. The molecule has 1 unspecified atom stereocenters. The van der Waals surface area contributed by atoms with Crippen LogP contribution in [0.3, 0.4) is 0 Å². The van der Waals surface area contributed by atoms with Gasteiger partial charge in [0.1, 0.15) is 5.78 Å². The lowest BCUT2D eigenvalue weighted by atomic mass is 10.0. The van der Waals surface area contributed by atoms with Crippen LogP contribution in [-0.4, -0.2) is 45.9 Å². The molecule has 0 aromatic rings. The predicted octanol–water partition coefficient (Wildman–Crippen LogP) is 1.82. The molecule has 1 fully saturated rings. The molecule has 0 aromatic heterocycles. The molecule has 1 aliphatic carbocycles. The Hall–Kier alpha value is -0.450. The van der Waals surface area contributed by atoms with E-state index in [4.69, 9.17) is 14.2 Å². The van der Waals surface area contributed by atoms with E-state index in [2.05, 4.69) is 0 Å². The molecular formula is C13H24O4. The van der Waals surface area contributed by atoms with E-state index in [9.17, 15) is 4.79 Å². The largest absolute Gasteiger partial charge is 0.382 e. The van der Waals surface area contributed by atoms with Crippen molar-refractivity contribution in [3.8, 4) is 0 Å². The molecule has 0 spiro atoms. The Morgan fingerprint density at radius 3 is 2.53 bits per heavy atom. The minimum Gasteiger partial charge on any atom is -0.382 e. The predicted molar refractivity (Wildman–Crippen MR) is 65.1 cm³/mol. The van der Waals surface area contributed by atoms with E-state index in [0.717, 1.165) is 32.1 Å². The van der Waals surface area contributed by atoms with E-state index in [-0.39, 0.29) is 5.92 Å². The number of hydrogen-bond donors (Lipinski definition) is 0. The first kappa shape index (κ1) is 14.6. The second-order valence-corrected chi connectivity index (χ2v) is 4.42. The Labute approximate surface area is 104 Å². The van der Waals surface area contributed by atoms with Gasteiger partial charge in [-0.05, 0) is 25.7 Å². The molecule has 100 valence electrons. The number of Topliss-reactive ketones (excluding diaryl/α,β-unsaturated/α-hetero) is 1. The highest BCUT2D eigenvalue weighted by atomic mass is 16.5. The Kier molecular flexibility index (Phi) is 8.22. The summed E-state index contributed by atoms with van der Waals surface area (Å²) >= 11 is 0. The first-order valence-electron chi connectivity index (χ1n) is 6.51. The molecule has 0 amide bonds. The molecule has 17 heavy (non-hydrogen) atoms. The van der Waals surface area contributed by atoms with Gasteiger partial charge in [0.2, 0.25) is 0 Å². The molecule has 0 heterocycles. The van der Waals surface area contributed by atoms with Crippen LogP contribution in [0.1, 0.15) is 32.1 Å². The van der Waals surface area contributed by atoms with Gasteiger partial charge in [0.25, 0.3) is 0 Å². The average molecular weight is 244 g/mol. The first-order chi connectivity index (χ1) is 8.34. The lowest BCUT2D eigenvalue weighted by Crippen LogP contribution is -2.11. The third-order valence-corrected chi connectivity index (χ3v) is 3.05. The summed E-state index contributed by atoms with van der Waals surface area (Å²) in [5.41, 5.74) is 0. The van der Waals surface area contributed by atoms with Gasteiger partial charge < -0.3 is 14.2 Å². The zero-order chi connectivity index (χ0) is 12.3. The highest BCUT2D eigenvalue weighted by Crippen LogP contribution is 2.23. The maximum Gasteiger partial charge on any atom is 0.136 e. The van der Waals surface area contributed by atoms with Crippen LogP contribution in [0, 0.1) is 5.92 Å². The SMILES string of the molecule is COCCOCCCOCCC1CCCC1=O. The van der Waals surface area contributed by atoms with Gasteiger partial charge in [-0.1, -0.05) is 0 Å². The fourth-order valence-electron chi connectivity index (χ4n) is 2.03. The molecule has 0 N–H and O–H groups in total. The Morgan fingerprint density at radius 2 is 1.88 bits per heavy atom. The molecule has 4 nitrogen and oxygen atoms in total. The number of rotatable bonds is 10. The summed E-state index contributed by atoms with van der Waals surface area (Å²) in [4.78, 5) is 11.4. The van der Waals surface area contributed by atoms with Crippen LogP contribution in [0.5, 0.6) is 0 Å². The number of methoxy groups -OCH3 is 1. The molecule has 0 saturated heterocycles. The van der Waals surface area contributed by atoms with E-state index < -0.39 is 0 Å². The van der Waals surface area contributed by atoms with Crippen molar-refractivity contribution in [2.24, 2.45) is 5.92 Å². The quantitative estimate of drug-likeness (QED) is 0.550. The number of carbonyl (C=O) groups is 1. The van der Waals surface area contributed by atoms with Crippen LogP contribution in [0.4, 0.5) is 0 Å². The second kappa shape index (κ2) is 9.57. The van der Waals surface area contributed by atoms with Gasteiger partial charge in [-0.15, -0.1) is 0 Å². The third kappa shape index (κ3) is 6.76. The van der Waals surface area contributed by atoms with E-state index in [1.165, 1.54) is 0 Å². The summed E-state index contributed by atoms with van der Waals surface area (Å²) in [7, 11) is 1.66. The van der Waals surface area contributed by atoms with Crippen molar-refractivity contribution in [3.05, 3.63) is 0 Å². The van der Waals surface area contributed by atoms with Gasteiger partial charge in [0.05, 0.1) is 13.2 Å². The molecule has 0 radical (unpaired) electrons. The summed E-state index contributed by atoms with van der Waals surface area (Å²) in [5, 5.41) is 0. The summed E-state index contributed by atoms with van der Waals surface area (Å²) < 4.78 is 15.7. The summed E-state index contributed by atoms with van der Waals surface area (Å²) in [6.45, 7) is 3.42. The highest BCUT2D eigenvalue weighted by Gasteiger charge is 2.23. The topological polar surface area (TPSA) is 44.8 Å². The molecule has 1 rings (SSSR count).